The van der Waals surface area contributed by atoms with Crippen LogP contribution in [0.25, 0.3) is 54.6 Å². The summed E-state index contributed by atoms with van der Waals surface area (Å²) in [5, 5.41) is 7.34. The van der Waals surface area contributed by atoms with E-state index < -0.39 is 10.8 Å². The molecule has 0 aliphatic heterocycles. The number of hydrogen-bond acceptors (Lipinski definition) is 2. The van der Waals surface area contributed by atoms with E-state index in [4.69, 9.17) is 0 Å². The van der Waals surface area contributed by atoms with Crippen LogP contribution >= 0.6 is 0 Å². The minimum Gasteiger partial charge on any atom is -0.310 e. The zero-order chi connectivity index (χ0) is 57.7. The average molecular weight is 1100 g/mol. The van der Waals surface area contributed by atoms with E-state index in [2.05, 4.69) is 341 Å². The van der Waals surface area contributed by atoms with Gasteiger partial charge in [0.25, 0.3) is 0 Å². The Balaban J connectivity index is 0.922. The highest BCUT2D eigenvalue weighted by Crippen LogP contribution is 2.59. The van der Waals surface area contributed by atoms with Gasteiger partial charge in [0, 0.05) is 33.5 Å². The van der Waals surface area contributed by atoms with Crippen LogP contribution in [0, 0.1) is 0 Å². The lowest BCUT2D eigenvalue weighted by Gasteiger charge is -2.35. The van der Waals surface area contributed by atoms with E-state index in [1.807, 2.05) is 0 Å². The zero-order valence-corrected chi connectivity index (χ0v) is 48.9. The van der Waals surface area contributed by atoms with Crippen molar-refractivity contribution in [2.45, 2.75) is 50.4 Å². The fourth-order valence-corrected chi connectivity index (χ4v) is 15.2. The molecule has 0 fully saturated rings. The molecule has 410 valence electrons. The van der Waals surface area contributed by atoms with Crippen molar-refractivity contribution in [2.24, 2.45) is 0 Å². The Morgan fingerprint density at radius 2 is 0.558 bits per heavy atom. The number of fused-ring (bicyclic) bond motifs is 6. The van der Waals surface area contributed by atoms with Gasteiger partial charge in [-0.2, -0.15) is 0 Å². The SMILES string of the molecule is CC(C)c1cccc(N(c2cccc(C3(c4ccccc4)c4ccccc4-c4ccccc43)c2)c2ccc3ccc4c(N(c5cccc(C(C)C)c5)c5cccc(C6(c7ccccc7)c7ccccc7-c7ccccc76)c5)ccc5ccc2c3c54)c1. The molecule has 0 radical (unpaired) electrons. The second kappa shape index (κ2) is 20.2. The highest BCUT2D eigenvalue weighted by molar-refractivity contribution is 6.28. The van der Waals surface area contributed by atoms with E-state index in [0.29, 0.717) is 11.8 Å². The number of rotatable bonds is 12. The van der Waals surface area contributed by atoms with E-state index in [9.17, 15) is 0 Å². The van der Waals surface area contributed by atoms with E-state index in [-0.39, 0.29) is 0 Å². The third kappa shape index (κ3) is 7.65. The maximum absolute atomic E-state index is 2.53. The molecule has 0 heterocycles. The molecule has 0 spiro atoms. The van der Waals surface area contributed by atoms with Gasteiger partial charge in [0.1, 0.15) is 0 Å². The van der Waals surface area contributed by atoms with Crippen LogP contribution in [-0.4, -0.2) is 0 Å². The lowest BCUT2D eigenvalue weighted by Crippen LogP contribution is -2.28. The molecule has 0 amide bonds. The molecule has 0 aromatic heterocycles. The van der Waals surface area contributed by atoms with Crippen LogP contribution in [0.2, 0.25) is 0 Å². The lowest BCUT2D eigenvalue weighted by molar-refractivity contribution is 0.768. The Morgan fingerprint density at radius 3 is 0.919 bits per heavy atom. The Hall–Kier alpha value is -10.3. The fourth-order valence-electron chi connectivity index (χ4n) is 15.2. The van der Waals surface area contributed by atoms with E-state index in [1.54, 1.807) is 0 Å². The van der Waals surface area contributed by atoms with Crippen LogP contribution in [0.3, 0.4) is 0 Å². The normalized spacial score (nSPS) is 13.5. The summed E-state index contributed by atoms with van der Waals surface area (Å²) >= 11 is 0. The van der Waals surface area contributed by atoms with Gasteiger partial charge in [-0.05, 0) is 172 Å². The average Bonchev–Trinajstić information content (AvgIpc) is 1.69. The summed E-state index contributed by atoms with van der Waals surface area (Å²) in [4.78, 5) is 5.06. The smallest absolute Gasteiger partial charge is 0.0714 e. The van der Waals surface area contributed by atoms with E-state index >= 15 is 0 Å². The molecule has 0 saturated carbocycles. The zero-order valence-electron chi connectivity index (χ0n) is 48.9. The van der Waals surface area contributed by atoms with Crippen molar-refractivity contribution < 1.29 is 0 Å². The van der Waals surface area contributed by atoms with Gasteiger partial charge in [-0.15, -0.1) is 0 Å². The molecule has 16 rings (SSSR count). The van der Waals surface area contributed by atoms with Crippen molar-refractivity contribution in [1.29, 1.82) is 0 Å². The number of hydrogen-bond donors (Lipinski definition) is 0. The van der Waals surface area contributed by atoms with Crippen molar-refractivity contribution in [3.63, 3.8) is 0 Å². The van der Waals surface area contributed by atoms with Gasteiger partial charge in [-0.1, -0.05) is 270 Å². The van der Waals surface area contributed by atoms with Crippen LogP contribution in [0.5, 0.6) is 0 Å². The topological polar surface area (TPSA) is 6.48 Å². The van der Waals surface area contributed by atoms with Gasteiger partial charge in [-0.25, -0.2) is 0 Å². The van der Waals surface area contributed by atoms with Gasteiger partial charge < -0.3 is 9.80 Å². The molecule has 2 aliphatic rings. The summed E-state index contributed by atoms with van der Waals surface area (Å²) in [7, 11) is 0. The molecule has 2 heteroatoms. The molecule has 2 aliphatic carbocycles. The first kappa shape index (κ1) is 51.4. The largest absolute Gasteiger partial charge is 0.310 e. The molecule has 0 saturated heterocycles. The number of nitrogens with zero attached hydrogens (tertiary/aromatic N) is 2. The molecule has 14 aromatic rings. The maximum Gasteiger partial charge on any atom is 0.0714 e. The Labute approximate surface area is 504 Å². The van der Waals surface area contributed by atoms with Crippen LogP contribution in [0.1, 0.15) is 95.2 Å². The highest BCUT2D eigenvalue weighted by atomic mass is 15.2. The second-order valence-electron chi connectivity index (χ2n) is 24.3. The Bertz CT molecular complexity index is 4510. The Morgan fingerprint density at radius 1 is 0.256 bits per heavy atom. The van der Waals surface area contributed by atoms with Crippen LogP contribution in [0.15, 0.2) is 303 Å². The molecule has 2 nitrogen and oxygen atoms in total. The molecule has 86 heavy (non-hydrogen) atoms. The van der Waals surface area contributed by atoms with Crippen molar-refractivity contribution in [3.8, 4) is 22.3 Å². The van der Waals surface area contributed by atoms with Crippen molar-refractivity contribution in [2.75, 3.05) is 9.80 Å². The first-order valence-electron chi connectivity index (χ1n) is 30.5. The summed E-state index contributed by atoms with van der Waals surface area (Å²) in [6.07, 6.45) is 0. The summed E-state index contributed by atoms with van der Waals surface area (Å²) in [6.45, 7) is 9.18. The highest BCUT2D eigenvalue weighted by Gasteiger charge is 2.48. The summed E-state index contributed by atoms with van der Waals surface area (Å²) < 4.78 is 0. The summed E-state index contributed by atoms with van der Waals surface area (Å²) in [6, 6.07) is 115. The van der Waals surface area contributed by atoms with Crippen LogP contribution < -0.4 is 9.80 Å². The van der Waals surface area contributed by atoms with E-state index in [1.165, 1.54) is 110 Å². The lowest BCUT2D eigenvalue weighted by atomic mass is 9.67. The first-order valence-corrected chi connectivity index (χ1v) is 30.5. The molecular formula is C84H64N2. The predicted octanol–water partition coefficient (Wildman–Crippen LogP) is 22.5. The van der Waals surface area contributed by atoms with E-state index in [0.717, 1.165) is 34.1 Å². The van der Waals surface area contributed by atoms with Crippen molar-refractivity contribution >= 4 is 66.4 Å². The van der Waals surface area contributed by atoms with Gasteiger partial charge in [0.2, 0.25) is 0 Å². The molecule has 0 atom stereocenters. The standard InChI is InChI=1S/C84H64N2/c1-55(2)59-23-19-31-65(51-59)85(67-33-21-29-63(53-67)83(61-25-7-5-8-26-61)75-39-15-11-35-69(75)70-36-12-16-40-76(70)83)79-49-45-57-44-48-74-80(50-46-58-43-47-73(79)81(57)82(58)74)86(66-32-20-24-60(52-66)56(3)4)68-34-22-30-64(54-68)84(62-27-9-6-10-28-62)77-41-17-13-37-71(77)72-38-14-18-42-78(72)84/h5-56H,1-4H3. The maximum atomic E-state index is 2.53. The minimum absolute atomic E-state index is 0.342. The summed E-state index contributed by atoms with van der Waals surface area (Å²) in [5.41, 5.74) is 23.5. The third-order valence-corrected chi connectivity index (χ3v) is 19.1. The molecule has 0 bridgehead atoms. The summed E-state index contributed by atoms with van der Waals surface area (Å²) in [5.74, 6) is 0.684. The fraction of sp³-hybridized carbons (Fsp3) is 0.0952. The quantitative estimate of drug-likeness (QED) is 0.113. The van der Waals surface area contributed by atoms with Crippen molar-refractivity contribution in [3.05, 3.63) is 359 Å². The van der Waals surface area contributed by atoms with Crippen molar-refractivity contribution in [1.82, 2.24) is 0 Å². The predicted molar refractivity (Wildman–Crippen MR) is 362 cm³/mol. The molecule has 0 unspecified atom stereocenters. The first-order chi connectivity index (χ1) is 42.3. The number of anilines is 6. The minimum atomic E-state index is -0.552. The Kier molecular flexibility index (Phi) is 12.1. The molecule has 0 N–H and O–H groups in total. The van der Waals surface area contributed by atoms with Gasteiger partial charge >= 0.3 is 0 Å². The van der Waals surface area contributed by atoms with Crippen LogP contribution in [-0.2, 0) is 10.8 Å². The van der Waals surface area contributed by atoms with Gasteiger partial charge in [0.15, 0.2) is 0 Å². The molecular weight excluding hydrogens is 1040 g/mol. The number of benzene rings is 14. The van der Waals surface area contributed by atoms with Crippen LogP contribution in [0.4, 0.5) is 34.1 Å². The molecule has 14 aromatic carbocycles. The third-order valence-electron chi connectivity index (χ3n) is 19.1. The monoisotopic (exact) mass is 1100 g/mol. The van der Waals surface area contributed by atoms with Gasteiger partial charge in [0.05, 0.1) is 22.2 Å². The second-order valence-corrected chi connectivity index (χ2v) is 24.3. The van der Waals surface area contributed by atoms with Gasteiger partial charge in [-0.3, -0.25) is 0 Å².